The van der Waals surface area contributed by atoms with Gasteiger partial charge in [-0.05, 0) is 36.4 Å². The fraction of sp³-hybridized carbons (Fsp3) is 0.0952. The Morgan fingerprint density at radius 1 is 1.23 bits per heavy atom. The van der Waals surface area contributed by atoms with Gasteiger partial charge >= 0.3 is 0 Å². The topological polar surface area (TPSA) is 84.8 Å². The standard InChI is InChI=1S/C21H17ClFN5O2/c1-30-15-8-6-13(7-9-15)18-10-19(26-25-18)21(29)24-20-16(22)12-28(27-20)11-14-4-2-3-5-17(14)23/h2-10,12H,11H2,1H3,(H,25,26)(H,24,27,29). The SMILES string of the molecule is COc1ccc(-c2cc(C(=O)Nc3nn(Cc4ccccc4F)cc3Cl)[nH]n2)cc1. The van der Waals surface area contributed by atoms with E-state index in [1.807, 2.05) is 24.3 Å². The molecular formula is C21H17ClFN5O2. The second kappa shape index (κ2) is 8.38. The molecule has 0 radical (unpaired) electrons. The summed E-state index contributed by atoms with van der Waals surface area (Å²) in [6, 6.07) is 15.3. The van der Waals surface area contributed by atoms with Crippen LogP contribution in [-0.4, -0.2) is 33.0 Å². The molecule has 1 amide bonds. The Balaban J connectivity index is 1.47. The van der Waals surface area contributed by atoms with Crippen LogP contribution in [0, 0.1) is 5.82 Å². The molecule has 0 bridgehead atoms. The predicted octanol–water partition coefficient (Wildman–Crippen LogP) is 4.37. The summed E-state index contributed by atoms with van der Waals surface area (Å²) >= 11 is 6.18. The molecule has 152 valence electrons. The molecule has 0 fully saturated rings. The van der Waals surface area contributed by atoms with Gasteiger partial charge in [0.05, 0.1) is 19.3 Å². The number of anilines is 1. The lowest BCUT2D eigenvalue weighted by Gasteiger charge is -2.03. The lowest BCUT2D eigenvalue weighted by atomic mass is 10.1. The molecule has 30 heavy (non-hydrogen) atoms. The van der Waals surface area contributed by atoms with Crippen molar-refractivity contribution in [3.8, 4) is 17.0 Å². The molecule has 0 aliphatic carbocycles. The molecular weight excluding hydrogens is 409 g/mol. The third-order valence-electron chi connectivity index (χ3n) is 4.45. The second-order valence-electron chi connectivity index (χ2n) is 6.46. The van der Waals surface area contributed by atoms with Crippen LogP contribution in [0.5, 0.6) is 5.75 Å². The van der Waals surface area contributed by atoms with Gasteiger partial charge in [0.15, 0.2) is 5.82 Å². The van der Waals surface area contributed by atoms with Crippen molar-refractivity contribution in [1.29, 1.82) is 0 Å². The molecule has 0 aliphatic heterocycles. The minimum atomic E-state index is -0.444. The van der Waals surface area contributed by atoms with Crippen molar-refractivity contribution in [2.45, 2.75) is 6.54 Å². The molecule has 2 aromatic carbocycles. The minimum Gasteiger partial charge on any atom is -0.497 e. The van der Waals surface area contributed by atoms with Gasteiger partial charge in [-0.25, -0.2) is 4.39 Å². The first-order chi connectivity index (χ1) is 14.5. The number of ether oxygens (including phenoxy) is 1. The van der Waals surface area contributed by atoms with E-state index < -0.39 is 5.91 Å². The van der Waals surface area contributed by atoms with E-state index in [1.165, 1.54) is 16.9 Å². The number of aromatic nitrogens is 4. The fourth-order valence-corrected chi connectivity index (χ4v) is 3.08. The number of nitrogens with one attached hydrogen (secondary N) is 2. The maximum absolute atomic E-state index is 13.8. The van der Waals surface area contributed by atoms with Crippen LogP contribution in [0.2, 0.25) is 5.02 Å². The highest BCUT2D eigenvalue weighted by atomic mass is 35.5. The number of aromatic amines is 1. The minimum absolute atomic E-state index is 0.179. The van der Waals surface area contributed by atoms with Crippen LogP contribution in [0.3, 0.4) is 0 Å². The summed E-state index contributed by atoms with van der Waals surface area (Å²) in [5.41, 5.74) is 2.16. The highest BCUT2D eigenvalue weighted by Gasteiger charge is 2.16. The molecule has 0 unspecified atom stereocenters. The number of amides is 1. The summed E-state index contributed by atoms with van der Waals surface area (Å²) in [5.74, 6) is 0.130. The van der Waals surface area contributed by atoms with Crippen molar-refractivity contribution in [3.05, 3.63) is 82.9 Å². The van der Waals surface area contributed by atoms with E-state index in [0.717, 1.165) is 11.3 Å². The number of hydrogen-bond donors (Lipinski definition) is 2. The highest BCUT2D eigenvalue weighted by molar-refractivity contribution is 6.33. The third kappa shape index (κ3) is 4.18. The number of methoxy groups -OCH3 is 1. The average Bonchev–Trinajstić information content (AvgIpc) is 3.37. The number of carbonyl (C=O) groups excluding carboxylic acids is 1. The van der Waals surface area contributed by atoms with E-state index >= 15 is 0 Å². The van der Waals surface area contributed by atoms with Gasteiger partial charge in [0.1, 0.15) is 22.3 Å². The molecule has 0 atom stereocenters. The summed E-state index contributed by atoms with van der Waals surface area (Å²) in [4.78, 5) is 12.6. The lowest BCUT2D eigenvalue weighted by Crippen LogP contribution is -2.13. The molecule has 2 heterocycles. The molecule has 2 aromatic heterocycles. The van der Waals surface area contributed by atoms with Crippen molar-refractivity contribution >= 4 is 23.3 Å². The van der Waals surface area contributed by atoms with E-state index in [1.54, 1.807) is 31.4 Å². The summed E-state index contributed by atoms with van der Waals surface area (Å²) < 4.78 is 20.4. The monoisotopic (exact) mass is 425 g/mol. The third-order valence-corrected chi connectivity index (χ3v) is 4.72. The van der Waals surface area contributed by atoms with Crippen LogP contribution in [0.25, 0.3) is 11.3 Å². The van der Waals surface area contributed by atoms with Crippen LogP contribution < -0.4 is 10.1 Å². The Morgan fingerprint density at radius 2 is 2.00 bits per heavy atom. The van der Waals surface area contributed by atoms with E-state index in [-0.39, 0.29) is 28.9 Å². The number of H-pyrrole nitrogens is 1. The van der Waals surface area contributed by atoms with Gasteiger partial charge < -0.3 is 10.1 Å². The van der Waals surface area contributed by atoms with Crippen molar-refractivity contribution in [2.75, 3.05) is 12.4 Å². The van der Waals surface area contributed by atoms with Crippen molar-refractivity contribution < 1.29 is 13.9 Å². The van der Waals surface area contributed by atoms with Gasteiger partial charge in [0.2, 0.25) is 0 Å². The van der Waals surface area contributed by atoms with Gasteiger partial charge in [-0.15, -0.1) is 0 Å². The summed E-state index contributed by atoms with van der Waals surface area (Å²) in [5, 5.41) is 14.0. The lowest BCUT2D eigenvalue weighted by molar-refractivity contribution is 0.102. The highest BCUT2D eigenvalue weighted by Crippen LogP contribution is 2.23. The second-order valence-corrected chi connectivity index (χ2v) is 6.87. The van der Waals surface area contributed by atoms with Crippen molar-refractivity contribution in [2.24, 2.45) is 0 Å². The quantitative estimate of drug-likeness (QED) is 0.480. The zero-order valence-corrected chi connectivity index (χ0v) is 16.7. The van der Waals surface area contributed by atoms with Crippen LogP contribution in [0.15, 0.2) is 60.8 Å². The maximum atomic E-state index is 13.8. The Hall–Kier alpha value is -3.65. The first kappa shape index (κ1) is 19.7. The number of benzene rings is 2. The van der Waals surface area contributed by atoms with Gasteiger partial charge in [0.25, 0.3) is 5.91 Å². The van der Waals surface area contributed by atoms with E-state index in [0.29, 0.717) is 11.3 Å². The summed E-state index contributed by atoms with van der Waals surface area (Å²) in [6.07, 6.45) is 1.53. The largest absolute Gasteiger partial charge is 0.497 e. The number of carbonyl (C=O) groups is 1. The van der Waals surface area contributed by atoms with Gasteiger partial charge in [-0.1, -0.05) is 29.8 Å². The maximum Gasteiger partial charge on any atom is 0.274 e. The Kier molecular flexibility index (Phi) is 5.49. The zero-order valence-electron chi connectivity index (χ0n) is 15.9. The molecule has 4 aromatic rings. The van der Waals surface area contributed by atoms with Crippen LogP contribution >= 0.6 is 11.6 Å². The Labute approximate surface area is 176 Å². The number of nitrogens with zero attached hydrogens (tertiary/aromatic N) is 3. The van der Waals surface area contributed by atoms with Crippen molar-refractivity contribution in [3.63, 3.8) is 0 Å². The molecule has 9 heteroatoms. The first-order valence-electron chi connectivity index (χ1n) is 9.01. The van der Waals surface area contributed by atoms with Crippen LogP contribution in [0.1, 0.15) is 16.1 Å². The zero-order chi connectivity index (χ0) is 21.1. The molecule has 2 N–H and O–H groups in total. The van der Waals surface area contributed by atoms with Crippen molar-refractivity contribution in [1.82, 2.24) is 20.0 Å². The van der Waals surface area contributed by atoms with Gasteiger partial charge in [-0.3, -0.25) is 14.6 Å². The molecule has 7 nitrogen and oxygen atoms in total. The van der Waals surface area contributed by atoms with Crippen LogP contribution in [-0.2, 0) is 6.54 Å². The van der Waals surface area contributed by atoms with Crippen LogP contribution in [0.4, 0.5) is 10.2 Å². The first-order valence-corrected chi connectivity index (χ1v) is 9.39. The molecule has 0 saturated heterocycles. The van der Waals surface area contributed by atoms with E-state index in [2.05, 4.69) is 20.6 Å². The number of rotatable bonds is 6. The normalized spacial score (nSPS) is 10.8. The number of hydrogen-bond acceptors (Lipinski definition) is 4. The van der Waals surface area contributed by atoms with E-state index in [4.69, 9.17) is 16.3 Å². The summed E-state index contributed by atoms with van der Waals surface area (Å²) in [6.45, 7) is 0.188. The van der Waals surface area contributed by atoms with Gasteiger partial charge in [0, 0.05) is 17.3 Å². The molecule has 4 rings (SSSR count). The Bertz CT molecular complexity index is 1190. The molecule has 0 spiro atoms. The molecule has 0 saturated carbocycles. The predicted molar refractivity (Wildman–Crippen MR) is 111 cm³/mol. The van der Waals surface area contributed by atoms with Gasteiger partial charge in [-0.2, -0.15) is 10.2 Å². The van der Waals surface area contributed by atoms with E-state index in [9.17, 15) is 9.18 Å². The smallest absolute Gasteiger partial charge is 0.274 e. The number of halogens is 2. The molecule has 0 aliphatic rings. The fourth-order valence-electron chi connectivity index (χ4n) is 2.89. The Morgan fingerprint density at radius 3 is 2.73 bits per heavy atom. The average molecular weight is 426 g/mol. The summed E-state index contributed by atoms with van der Waals surface area (Å²) in [7, 11) is 1.59.